The standard InChI is InChI=1S/C24H35N7.HI/c1-20-8-5-6-13-31(20)19-22-10-4-3-9-21(22)18-28-23(25-2)29-14-16-30(17-15-29)24-26-11-7-12-27-24;/h3-4,7,9-12,20H,5-6,8,13-19H2,1-2H3,(H,25,28);1H. The Labute approximate surface area is 209 Å². The Balaban J connectivity index is 0.00000289. The molecule has 0 bridgehead atoms. The first-order chi connectivity index (χ1) is 15.2. The molecule has 1 N–H and O–H groups in total. The molecular weight excluding hydrogens is 513 g/mol. The predicted molar refractivity (Wildman–Crippen MR) is 142 cm³/mol. The maximum Gasteiger partial charge on any atom is 0.225 e. The second kappa shape index (κ2) is 12.3. The summed E-state index contributed by atoms with van der Waals surface area (Å²) in [7, 11) is 1.87. The Morgan fingerprint density at radius 1 is 1.00 bits per heavy atom. The van der Waals surface area contributed by atoms with E-state index in [0.717, 1.165) is 51.2 Å². The number of likely N-dealkylation sites (tertiary alicyclic amines) is 1. The molecule has 0 radical (unpaired) electrons. The molecule has 8 heteroatoms. The Hall–Kier alpha value is -1.94. The number of benzene rings is 1. The minimum absolute atomic E-state index is 0. The van der Waals surface area contributed by atoms with Crippen molar-refractivity contribution in [2.45, 2.75) is 45.3 Å². The summed E-state index contributed by atoms with van der Waals surface area (Å²) in [5, 5.41) is 3.61. The number of guanidine groups is 1. The molecule has 0 amide bonds. The van der Waals surface area contributed by atoms with Crippen LogP contribution in [-0.2, 0) is 13.1 Å². The van der Waals surface area contributed by atoms with E-state index < -0.39 is 0 Å². The fourth-order valence-corrected chi connectivity index (χ4v) is 4.57. The summed E-state index contributed by atoms with van der Waals surface area (Å²) in [6.07, 6.45) is 7.60. The zero-order valence-electron chi connectivity index (χ0n) is 19.3. The Kier molecular flexibility index (Phi) is 9.52. The summed E-state index contributed by atoms with van der Waals surface area (Å²) in [5.41, 5.74) is 2.78. The number of anilines is 1. The highest BCUT2D eigenvalue weighted by molar-refractivity contribution is 14.0. The van der Waals surface area contributed by atoms with Crippen LogP contribution < -0.4 is 10.2 Å². The number of nitrogens with one attached hydrogen (secondary N) is 1. The molecule has 2 aromatic rings. The van der Waals surface area contributed by atoms with Gasteiger partial charge in [-0.3, -0.25) is 9.89 Å². The number of hydrogen-bond acceptors (Lipinski definition) is 5. The van der Waals surface area contributed by atoms with Crippen LogP contribution in [0.3, 0.4) is 0 Å². The molecule has 2 aliphatic rings. The fraction of sp³-hybridized carbons (Fsp3) is 0.542. The third-order valence-electron chi connectivity index (χ3n) is 6.50. The van der Waals surface area contributed by atoms with Crippen LogP contribution in [0.4, 0.5) is 5.95 Å². The second-order valence-electron chi connectivity index (χ2n) is 8.51. The SMILES string of the molecule is CN=C(NCc1ccccc1CN1CCCCC1C)N1CCN(c2ncccn2)CC1.I. The van der Waals surface area contributed by atoms with Crippen molar-refractivity contribution in [2.24, 2.45) is 4.99 Å². The van der Waals surface area contributed by atoms with Crippen LogP contribution in [0.25, 0.3) is 0 Å². The van der Waals surface area contributed by atoms with Crippen LogP contribution in [-0.4, -0.2) is 71.5 Å². The number of nitrogens with zero attached hydrogens (tertiary/aromatic N) is 6. The molecule has 0 spiro atoms. The average molecular weight is 550 g/mol. The number of aliphatic imine (C=N–C) groups is 1. The van der Waals surface area contributed by atoms with E-state index in [1.807, 2.05) is 13.1 Å². The van der Waals surface area contributed by atoms with Gasteiger partial charge >= 0.3 is 0 Å². The normalized spacial score (nSPS) is 20.1. The Bertz CT molecular complexity index is 852. The number of halogens is 1. The maximum atomic E-state index is 4.55. The molecule has 2 saturated heterocycles. The molecule has 2 fully saturated rings. The molecule has 0 aliphatic carbocycles. The smallest absolute Gasteiger partial charge is 0.225 e. The number of piperidine rings is 1. The zero-order chi connectivity index (χ0) is 21.5. The maximum absolute atomic E-state index is 4.55. The molecule has 4 rings (SSSR count). The van der Waals surface area contributed by atoms with Gasteiger partial charge in [0.15, 0.2) is 5.96 Å². The van der Waals surface area contributed by atoms with Crippen LogP contribution in [0.1, 0.15) is 37.3 Å². The van der Waals surface area contributed by atoms with Crippen molar-refractivity contribution in [1.29, 1.82) is 0 Å². The lowest BCUT2D eigenvalue weighted by molar-refractivity contribution is 0.152. The van der Waals surface area contributed by atoms with Gasteiger partial charge in [0.25, 0.3) is 0 Å². The second-order valence-corrected chi connectivity index (χ2v) is 8.51. The van der Waals surface area contributed by atoms with E-state index in [-0.39, 0.29) is 24.0 Å². The monoisotopic (exact) mass is 549 g/mol. The largest absolute Gasteiger partial charge is 0.352 e. The molecule has 3 heterocycles. The number of piperazine rings is 1. The van der Waals surface area contributed by atoms with Gasteiger partial charge in [-0.05, 0) is 43.5 Å². The quantitative estimate of drug-likeness (QED) is 0.351. The van der Waals surface area contributed by atoms with Crippen LogP contribution in [0.5, 0.6) is 0 Å². The lowest BCUT2D eigenvalue weighted by Crippen LogP contribution is -2.52. The summed E-state index contributed by atoms with van der Waals surface area (Å²) in [5.74, 6) is 1.78. The van der Waals surface area contributed by atoms with Crippen molar-refractivity contribution in [1.82, 2.24) is 25.1 Å². The van der Waals surface area contributed by atoms with E-state index >= 15 is 0 Å². The Morgan fingerprint density at radius 2 is 1.72 bits per heavy atom. The number of rotatable bonds is 5. The van der Waals surface area contributed by atoms with Gasteiger partial charge in [-0.25, -0.2) is 9.97 Å². The van der Waals surface area contributed by atoms with E-state index in [1.54, 1.807) is 12.4 Å². The fourth-order valence-electron chi connectivity index (χ4n) is 4.57. The van der Waals surface area contributed by atoms with Crippen LogP contribution >= 0.6 is 24.0 Å². The molecule has 174 valence electrons. The summed E-state index contributed by atoms with van der Waals surface area (Å²) in [4.78, 5) is 20.5. The van der Waals surface area contributed by atoms with Gasteiger partial charge < -0.3 is 15.1 Å². The molecule has 1 unspecified atom stereocenters. The molecule has 0 saturated carbocycles. The van der Waals surface area contributed by atoms with E-state index in [0.29, 0.717) is 6.04 Å². The van der Waals surface area contributed by atoms with Gasteiger partial charge in [0, 0.05) is 64.8 Å². The van der Waals surface area contributed by atoms with E-state index in [4.69, 9.17) is 0 Å². The third kappa shape index (κ3) is 6.31. The van der Waals surface area contributed by atoms with Crippen molar-refractivity contribution in [3.8, 4) is 0 Å². The summed E-state index contributed by atoms with van der Waals surface area (Å²) in [6.45, 7) is 9.01. The first-order valence-electron chi connectivity index (χ1n) is 11.5. The highest BCUT2D eigenvalue weighted by Gasteiger charge is 2.22. The molecule has 1 aromatic heterocycles. The first kappa shape index (κ1) is 24.7. The third-order valence-corrected chi connectivity index (χ3v) is 6.50. The molecular formula is C24H36IN7. The minimum Gasteiger partial charge on any atom is -0.352 e. The zero-order valence-corrected chi connectivity index (χ0v) is 21.6. The highest BCUT2D eigenvalue weighted by atomic mass is 127. The van der Waals surface area contributed by atoms with Crippen molar-refractivity contribution in [2.75, 3.05) is 44.7 Å². The van der Waals surface area contributed by atoms with Crippen LogP contribution in [0, 0.1) is 0 Å². The molecule has 7 nitrogen and oxygen atoms in total. The van der Waals surface area contributed by atoms with E-state index in [1.165, 1.54) is 36.9 Å². The lowest BCUT2D eigenvalue weighted by atomic mass is 10.0. The van der Waals surface area contributed by atoms with Crippen molar-refractivity contribution in [3.05, 3.63) is 53.9 Å². The van der Waals surface area contributed by atoms with Gasteiger partial charge in [-0.1, -0.05) is 30.7 Å². The van der Waals surface area contributed by atoms with Gasteiger partial charge in [0.05, 0.1) is 0 Å². The van der Waals surface area contributed by atoms with Crippen LogP contribution in [0.2, 0.25) is 0 Å². The van der Waals surface area contributed by atoms with Gasteiger partial charge in [-0.2, -0.15) is 0 Å². The Morgan fingerprint density at radius 3 is 2.41 bits per heavy atom. The lowest BCUT2D eigenvalue weighted by Gasteiger charge is -2.36. The van der Waals surface area contributed by atoms with Crippen molar-refractivity contribution >= 4 is 35.9 Å². The van der Waals surface area contributed by atoms with Gasteiger partial charge in [-0.15, -0.1) is 24.0 Å². The topological polar surface area (TPSA) is 59.9 Å². The van der Waals surface area contributed by atoms with Gasteiger partial charge in [0.2, 0.25) is 5.95 Å². The number of aromatic nitrogens is 2. The molecule has 32 heavy (non-hydrogen) atoms. The summed E-state index contributed by atoms with van der Waals surface area (Å²) < 4.78 is 0. The molecule has 1 atom stereocenters. The average Bonchev–Trinajstić information content (AvgIpc) is 2.83. The minimum atomic E-state index is 0. The highest BCUT2D eigenvalue weighted by Crippen LogP contribution is 2.21. The van der Waals surface area contributed by atoms with Gasteiger partial charge in [0.1, 0.15) is 0 Å². The molecule has 1 aromatic carbocycles. The number of hydrogen-bond donors (Lipinski definition) is 1. The summed E-state index contributed by atoms with van der Waals surface area (Å²) in [6, 6.07) is 11.4. The van der Waals surface area contributed by atoms with E-state index in [9.17, 15) is 0 Å². The van der Waals surface area contributed by atoms with Crippen LogP contribution in [0.15, 0.2) is 47.7 Å². The van der Waals surface area contributed by atoms with Crippen molar-refractivity contribution in [3.63, 3.8) is 0 Å². The van der Waals surface area contributed by atoms with Crippen molar-refractivity contribution < 1.29 is 0 Å². The molecule has 2 aliphatic heterocycles. The summed E-state index contributed by atoms with van der Waals surface area (Å²) >= 11 is 0. The van der Waals surface area contributed by atoms with E-state index in [2.05, 4.69) is 66.2 Å². The predicted octanol–water partition coefficient (Wildman–Crippen LogP) is 3.37. The first-order valence-corrected chi connectivity index (χ1v) is 11.5.